The van der Waals surface area contributed by atoms with E-state index in [1.165, 1.54) is 6.07 Å². The third kappa shape index (κ3) is 2.15. The van der Waals surface area contributed by atoms with Crippen molar-refractivity contribution in [2.45, 2.75) is 32.3 Å². The maximum absolute atomic E-state index is 13.4. The quantitative estimate of drug-likeness (QED) is 0.857. The van der Waals surface area contributed by atoms with Crippen LogP contribution in [0.25, 0.3) is 0 Å². The number of carbonyl (C=O) groups is 1. The Morgan fingerprint density at radius 1 is 1.29 bits per heavy atom. The highest BCUT2D eigenvalue weighted by Crippen LogP contribution is 2.39. The molecule has 0 aliphatic heterocycles. The molecule has 0 bridgehead atoms. The molecule has 17 heavy (non-hydrogen) atoms. The van der Waals surface area contributed by atoms with Crippen LogP contribution in [0.15, 0.2) is 18.2 Å². The molecule has 0 aromatic heterocycles. The van der Waals surface area contributed by atoms with E-state index in [-0.39, 0.29) is 5.56 Å². The second-order valence-electron chi connectivity index (χ2n) is 4.27. The van der Waals surface area contributed by atoms with Gasteiger partial charge in [0, 0.05) is 0 Å². The van der Waals surface area contributed by atoms with E-state index in [0.717, 1.165) is 12.5 Å². The van der Waals surface area contributed by atoms with Crippen molar-refractivity contribution in [3.05, 3.63) is 34.9 Å². The lowest BCUT2D eigenvalue weighted by Gasteiger charge is -2.31. The van der Waals surface area contributed by atoms with Gasteiger partial charge in [0.15, 0.2) is 5.60 Å². The van der Waals surface area contributed by atoms with Gasteiger partial charge in [-0.25, -0.2) is 4.79 Å². The molecule has 1 rings (SSSR count). The lowest BCUT2D eigenvalue weighted by molar-refractivity contribution is -0.207. The van der Waals surface area contributed by atoms with Gasteiger partial charge in [0.25, 0.3) is 0 Å². The van der Waals surface area contributed by atoms with E-state index in [9.17, 15) is 18.7 Å². The predicted molar refractivity (Wildman–Crippen MR) is 58.1 cm³/mol. The van der Waals surface area contributed by atoms with E-state index in [2.05, 4.69) is 0 Å². The van der Waals surface area contributed by atoms with E-state index in [1.54, 1.807) is 26.0 Å². The summed E-state index contributed by atoms with van der Waals surface area (Å²) in [6.45, 7) is 4.13. The van der Waals surface area contributed by atoms with Crippen LogP contribution in [0.1, 0.15) is 23.6 Å². The van der Waals surface area contributed by atoms with Crippen LogP contribution >= 0.6 is 0 Å². The van der Waals surface area contributed by atoms with Gasteiger partial charge in [-0.05, 0) is 31.9 Å². The number of halogens is 2. The van der Waals surface area contributed by atoms with Crippen LogP contribution in [0.3, 0.4) is 0 Å². The van der Waals surface area contributed by atoms with E-state index in [0.29, 0.717) is 5.56 Å². The predicted octanol–water partition coefficient (Wildman–Crippen LogP) is 2.23. The molecular weight excluding hydrogens is 230 g/mol. The second-order valence-corrected chi connectivity index (χ2v) is 4.27. The SMILES string of the molecule is Cc1ccc(C(C)(O)C(F)(F)C(=O)O)c(C)c1. The maximum Gasteiger partial charge on any atom is 0.378 e. The molecule has 0 aliphatic carbocycles. The smallest absolute Gasteiger partial charge is 0.378 e. The van der Waals surface area contributed by atoms with Crippen molar-refractivity contribution < 1.29 is 23.8 Å². The first-order chi connectivity index (χ1) is 7.60. The molecule has 0 fully saturated rings. The summed E-state index contributed by atoms with van der Waals surface area (Å²) >= 11 is 0. The van der Waals surface area contributed by atoms with Crippen molar-refractivity contribution in [2.75, 3.05) is 0 Å². The fourth-order valence-corrected chi connectivity index (χ4v) is 1.74. The van der Waals surface area contributed by atoms with Crippen molar-refractivity contribution in [3.63, 3.8) is 0 Å². The van der Waals surface area contributed by atoms with Gasteiger partial charge in [-0.3, -0.25) is 0 Å². The first-order valence-corrected chi connectivity index (χ1v) is 5.02. The van der Waals surface area contributed by atoms with Crippen LogP contribution in [0.5, 0.6) is 0 Å². The number of carboxylic acids is 1. The average molecular weight is 244 g/mol. The maximum atomic E-state index is 13.4. The Bertz CT molecular complexity index is 453. The van der Waals surface area contributed by atoms with Gasteiger partial charge in [-0.2, -0.15) is 8.78 Å². The summed E-state index contributed by atoms with van der Waals surface area (Å²) in [7, 11) is 0. The van der Waals surface area contributed by atoms with Crippen LogP contribution in [-0.4, -0.2) is 22.1 Å². The first kappa shape index (κ1) is 13.6. The number of alkyl halides is 2. The number of benzene rings is 1. The number of carboxylic acid groups (broad SMARTS) is 1. The van der Waals surface area contributed by atoms with Crippen LogP contribution in [0.2, 0.25) is 0 Å². The number of rotatable bonds is 3. The molecule has 0 saturated heterocycles. The van der Waals surface area contributed by atoms with Crippen LogP contribution in [0.4, 0.5) is 8.78 Å². The molecule has 0 amide bonds. The summed E-state index contributed by atoms with van der Waals surface area (Å²) in [5.41, 5.74) is -1.55. The highest BCUT2D eigenvalue weighted by molar-refractivity contribution is 5.77. The molecule has 0 heterocycles. The summed E-state index contributed by atoms with van der Waals surface area (Å²) in [5.74, 6) is -6.59. The molecule has 1 aromatic rings. The fraction of sp³-hybridized carbons (Fsp3) is 0.417. The zero-order valence-electron chi connectivity index (χ0n) is 9.79. The zero-order chi connectivity index (χ0) is 13.4. The standard InChI is InChI=1S/C12H14F2O3/c1-7-4-5-9(8(2)6-7)11(3,17)12(13,14)10(15)16/h4-6,17H,1-3H3,(H,15,16). The summed E-state index contributed by atoms with van der Waals surface area (Å²) in [6.07, 6.45) is 0. The van der Waals surface area contributed by atoms with Gasteiger partial charge in [-0.1, -0.05) is 23.8 Å². The van der Waals surface area contributed by atoms with Gasteiger partial charge < -0.3 is 10.2 Å². The largest absolute Gasteiger partial charge is 0.477 e. The summed E-state index contributed by atoms with van der Waals surface area (Å²) in [6, 6.07) is 4.48. The van der Waals surface area contributed by atoms with Gasteiger partial charge >= 0.3 is 11.9 Å². The van der Waals surface area contributed by atoms with E-state index in [4.69, 9.17) is 5.11 Å². The Hall–Kier alpha value is -1.49. The van der Waals surface area contributed by atoms with Crippen molar-refractivity contribution in [1.82, 2.24) is 0 Å². The Balaban J connectivity index is 3.35. The van der Waals surface area contributed by atoms with E-state index < -0.39 is 17.5 Å². The Morgan fingerprint density at radius 3 is 2.24 bits per heavy atom. The number of aryl methyl sites for hydroxylation is 2. The lowest BCUT2D eigenvalue weighted by Crippen LogP contribution is -2.49. The normalized spacial score (nSPS) is 15.4. The molecule has 3 nitrogen and oxygen atoms in total. The summed E-state index contributed by atoms with van der Waals surface area (Å²) < 4.78 is 26.9. The third-order valence-electron chi connectivity index (χ3n) is 2.79. The number of aliphatic carboxylic acids is 1. The highest BCUT2D eigenvalue weighted by Gasteiger charge is 2.57. The van der Waals surface area contributed by atoms with Crippen molar-refractivity contribution in [3.8, 4) is 0 Å². The van der Waals surface area contributed by atoms with Gasteiger partial charge in [0.1, 0.15) is 0 Å². The molecule has 1 unspecified atom stereocenters. The van der Waals surface area contributed by atoms with Crippen LogP contribution < -0.4 is 0 Å². The highest BCUT2D eigenvalue weighted by atomic mass is 19.3. The molecule has 0 aliphatic rings. The second kappa shape index (κ2) is 4.07. The minimum absolute atomic E-state index is 0.0875. The fourth-order valence-electron chi connectivity index (χ4n) is 1.74. The molecule has 0 radical (unpaired) electrons. The summed E-state index contributed by atoms with van der Waals surface area (Å²) in [4.78, 5) is 10.5. The van der Waals surface area contributed by atoms with Crippen molar-refractivity contribution in [2.24, 2.45) is 0 Å². The Morgan fingerprint density at radius 2 is 1.82 bits per heavy atom. The zero-order valence-corrected chi connectivity index (χ0v) is 9.79. The molecule has 2 N–H and O–H groups in total. The topological polar surface area (TPSA) is 57.5 Å². The van der Waals surface area contributed by atoms with Gasteiger partial charge in [0.2, 0.25) is 0 Å². The number of aliphatic hydroxyl groups is 1. The minimum atomic E-state index is -4.24. The Kier molecular flexibility index (Phi) is 3.25. The molecular formula is C12H14F2O3. The van der Waals surface area contributed by atoms with Crippen LogP contribution in [0, 0.1) is 13.8 Å². The molecule has 1 aromatic carbocycles. The molecule has 0 spiro atoms. The number of hydrogen-bond acceptors (Lipinski definition) is 2. The lowest BCUT2D eigenvalue weighted by atomic mass is 9.85. The summed E-state index contributed by atoms with van der Waals surface area (Å²) in [5, 5.41) is 18.3. The van der Waals surface area contributed by atoms with Crippen LogP contribution in [-0.2, 0) is 10.4 Å². The number of hydrogen-bond donors (Lipinski definition) is 2. The third-order valence-corrected chi connectivity index (χ3v) is 2.79. The van der Waals surface area contributed by atoms with Gasteiger partial charge in [0.05, 0.1) is 0 Å². The van der Waals surface area contributed by atoms with Crippen molar-refractivity contribution >= 4 is 5.97 Å². The monoisotopic (exact) mass is 244 g/mol. The van der Waals surface area contributed by atoms with E-state index in [1.807, 2.05) is 0 Å². The first-order valence-electron chi connectivity index (χ1n) is 5.02. The van der Waals surface area contributed by atoms with Crippen molar-refractivity contribution in [1.29, 1.82) is 0 Å². The molecule has 1 atom stereocenters. The van der Waals surface area contributed by atoms with E-state index >= 15 is 0 Å². The Labute approximate surface area is 97.7 Å². The average Bonchev–Trinajstić information content (AvgIpc) is 2.16. The molecule has 94 valence electrons. The molecule has 5 heteroatoms. The minimum Gasteiger partial charge on any atom is -0.477 e. The van der Waals surface area contributed by atoms with Gasteiger partial charge in [-0.15, -0.1) is 0 Å². The molecule has 0 saturated carbocycles.